The van der Waals surface area contributed by atoms with E-state index in [9.17, 15) is 0 Å². The number of fused-ring (bicyclic) bond motifs is 1. The molecule has 5 rings (SSSR count). The van der Waals surface area contributed by atoms with Crippen LogP contribution in [0.5, 0.6) is 5.88 Å². The van der Waals surface area contributed by atoms with E-state index in [1.807, 2.05) is 24.0 Å². The van der Waals surface area contributed by atoms with Crippen molar-refractivity contribution in [2.75, 3.05) is 40.5 Å². The molecule has 0 N–H and O–H groups in total. The molecule has 0 aliphatic carbocycles. The largest absolute Gasteiger partial charge is 0.481 e. The number of ether oxygens (including phenoxy) is 2. The number of likely N-dealkylation sites (tertiary alicyclic amines) is 1. The monoisotopic (exact) mass is 436 g/mol. The second-order valence-electron chi connectivity index (χ2n) is 9.02. The predicted octanol–water partition coefficient (Wildman–Crippen LogP) is 2.90. The second kappa shape index (κ2) is 9.03. The summed E-state index contributed by atoms with van der Waals surface area (Å²) in [7, 11) is 3.85. The first kappa shape index (κ1) is 21.2. The predicted molar refractivity (Wildman–Crippen MR) is 122 cm³/mol. The smallest absolute Gasteiger partial charge is 0.216 e. The van der Waals surface area contributed by atoms with Crippen LogP contribution in [0.3, 0.4) is 0 Å². The lowest BCUT2D eigenvalue weighted by Gasteiger charge is -2.28. The van der Waals surface area contributed by atoms with Crippen molar-refractivity contribution in [3.63, 3.8) is 0 Å². The van der Waals surface area contributed by atoms with E-state index in [0.29, 0.717) is 18.4 Å². The molecule has 8 nitrogen and oxygen atoms in total. The molecule has 2 aliphatic heterocycles. The zero-order valence-electron chi connectivity index (χ0n) is 19.3. The Kier molecular flexibility index (Phi) is 5.97. The standard InChI is InChI=1S/C24H32N6O2/c1-17-12-20(14-25-24(17)31-3)30-22-7-11-32-10-6-21(22)23(27-30)19-13-26-29(16-19)15-18-4-8-28(2)9-5-18/h12-14,16,18H,4-11,15H2,1-3H3. The minimum absolute atomic E-state index is 0.644. The van der Waals surface area contributed by atoms with Gasteiger partial charge in [-0.1, -0.05) is 0 Å². The fourth-order valence-corrected chi connectivity index (χ4v) is 4.87. The van der Waals surface area contributed by atoms with Crippen molar-refractivity contribution in [1.29, 1.82) is 0 Å². The number of rotatable bonds is 5. The van der Waals surface area contributed by atoms with Crippen molar-refractivity contribution in [2.24, 2.45) is 5.92 Å². The van der Waals surface area contributed by atoms with E-state index < -0.39 is 0 Å². The Morgan fingerprint density at radius 2 is 1.97 bits per heavy atom. The van der Waals surface area contributed by atoms with Crippen molar-refractivity contribution in [2.45, 2.75) is 39.2 Å². The van der Waals surface area contributed by atoms with Crippen LogP contribution in [-0.4, -0.2) is 69.9 Å². The van der Waals surface area contributed by atoms with Crippen LogP contribution in [0.2, 0.25) is 0 Å². The molecular weight excluding hydrogens is 404 g/mol. The molecular formula is C24H32N6O2. The summed E-state index contributed by atoms with van der Waals surface area (Å²) < 4.78 is 15.3. The van der Waals surface area contributed by atoms with Gasteiger partial charge in [-0.3, -0.25) is 4.68 Å². The molecule has 0 bridgehead atoms. The summed E-state index contributed by atoms with van der Waals surface area (Å²) in [5, 5.41) is 9.75. The molecule has 0 unspecified atom stereocenters. The molecule has 0 radical (unpaired) electrons. The van der Waals surface area contributed by atoms with Gasteiger partial charge in [0.15, 0.2) is 0 Å². The maximum atomic E-state index is 5.79. The van der Waals surface area contributed by atoms with Gasteiger partial charge in [-0.15, -0.1) is 0 Å². The minimum atomic E-state index is 0.644. The highest BCUT2D eigenvalue weighted by atomic mass is 16.5. The van der Waals surface area contributed by atoms with Crippen molar-refractivity contribution in [3.05, 3.63) is 41.5 Å². The first-order chi connectivity index (χ1) is 15.6. The van der Waals surface area contributed by atoms with Crippen LogP contribution >= 0.6 is 0 Å². The van der Waals surface area contributed by atoms with Crippen LogP contribution < -0.4 is 4.74 Å². The SMILES string of the molecule is COc1ncc(-n2nc(-c3cnn(CC4CCN(C)CC4)c3)c3c2CCOCC3)cc1C. The molecule has 3 aromatic heterocycles. The van der Waals surface area contributed by atoms with Crippen molar-refractivity contribution < 1.29 is 9.47 Å². The fourth-order valence-electron chi connectivity index (χ4n) is 4.87. The third-order valence-corrected chi connectivity index (χ3v) is 6.71. The number of piperidine rings is 1. The van der Waals surface area contributed by atoms with E-state index in [0.717, 1.165) is 48.5 Å². The molecule has 0 spiro atoms. The highest BCUT2D eigenvalue weighted by Gasteiger charge is 2.24. The fraction of sp³-hybridized carbons (Fsp3) is 0.542. The molecule has 2 aliphatic rings. The van der Waals surface area contributed by atoms with Gasteiger partial charge < -0.3 is 14.4 Å². The number of methoxy groups -OCH3 is 1. The number of nitrogens with zero attached hydrogens (tertiary/aromatic N) is 6. The molecule has 0 atom stereocenters. The maximum Gasteiger partial charge on any atom is 0.216 e. The molecule has 170 valence electrons. The van der Waals surface area contributed by atoms with E-state index in [1.165, 1.54) is 37.2 Å². The first-order valence-corrected chi connectivity index (χ1v) is 11.5. The Bertz CT molecular complexity index is 1080. The normalized spacial score (nSPS) is 17.8. The van der Waals surface area contributed by atoms with Gasteiger partial charge in [0.2, 0.25) is 5.88 Å². The minimum Gasteiger partial charge on any atom is -0.481 e. The summed E-state index contributed by atoms with van der Waals surface area (Å²) in [5.74, 6) is 1.33. The molecule has 5 heterocycles. The molecule has 0 saturated carbocycles. The molecule has 8 heteroatoms. The molecule has 1 saturated heterocycles. The molecule has 0 aromatic carbocycles. The van der Waals surface area contributed by atoms with Gasteiger partial charge in [0.1, 0.15) is 0 Å². The third-order valence-electron chi connectivity index (χ3n) is 6.71. The third kappa shape index (κ3) is 4.17. The van der Waals surface area contributed by atoms with Crippen LogP contribution in [0.1, 0.15) is 29.7 Å². The second-order valence-corrected chi connectivity index (χ2v) is 9.02. The van der Waals surface area contributed by atoms with Crippen LogP contribution in [-0.2, 0) is 24.1 Å². The Morgan fingerprint density at radius 3 is 2.75 bits per heavy atom. The summed E-state index contributed by atoms with van der Waals surface area (Å²) in [5.41, 5.74) is 6.49. The number of hydrogen-bond acceptors (Lipinski definition) is 6. The summed E-state index contributed by atoms with van der Waals surface area (Å²) in [4.78, 5) is 6.88. The van der Waals surface area contributed by atoms with Crippen LogP contribution in [0.15, 0.2) is 24.7 Å². The summed E-state index contributed by atoms with van der Waals surface area (Å²) >= 11 is 0. The number of pyridine rings is 1. The highest BCUT2D eigenvalue weighted by molar-refractivity contribution is 5.64. The highest BCUT2D eigenvalue weighted by Crippen LogP contribution is 2.31. The lowest BCUT2D eigenvalue weighted by atomic mass is 9.97. The Labute approximate surface area is 189 Å². The summed E-state index contributed by atoms with van der Waals surface area (Å²) in [6, 6.07) is 2.08. The number of aryl methyl sites for hydroxylation is 1. The van der Waals surface area contributed by atoms with E-state index >= 15 is 0 Å². The van der Waals surface area contributed by atoms with E-state index in [-0.39, 0.29) is 0 Å². The topological polar surface area (TPSA) is 70.2 Å². The van der Waals surface area contributed by atoms with E-state index in [2.05, 4.69) is 33.9 Å². The van der Waals surface area contributed by atoms with Crippen molar-refractivity contribution in [3.8, 4) is 22.8 Å². The Hall–Kier alpha value is -2.71. The molecule has 32 heavy (non-hydrogen) atoms. The number of aromatic nitrogens is 5. The van der Waals surface area contributed by atoms with Gasteiger partial charge in [0.25, 0.3) is 0 Å². The van der Waals surface area contributed by atoms with E-state index in [1.54, 1.807) is 7.11 Å². The van der Waals surface area contributed by atoms with Gasteiger partial charge >= 0.3 is 0 Å². The van der Waals surface area contributed by atoms with Gasteiger partial charge in [0.05, 0.1) is 49.8 Å². The molecule has 1 fully saturated rings. The molecule has 3 aromatic rings. The first-order valence-electron chi connectivity index (χ1n) is 11.5. The lowest BCUT2D eigenvalue weighted by Crippen LogP contribution is -2.31. The average Bonchev–Trinajstić information content (AvgIpc) is 3.32. The number of hydrogen-bond donors (Lipinski definition) is 0. The van der Waals surface area contributed by atoms with Crippen LogP contribution in [0.4, 0.5) is 0 Å². The van der Waals surface area contributed by atoms with Gasteiger partial charge in [-0.05, 0) is 58.3 Å². The van der Waals surface area contributed by atoms with Gasteiger partial charge in [-0.2, -0.15) is 10.2 Å². The summed E-state index contributed by atoms with van der Waals surface area (Å²) in [6.07, 6.45) is 10.1. The van der Waals surface area contributed by atoms with Crippen molar-refractivity contribution in [1.82, 2.24) is 29.4 Å². The van der Waals surface area contributed by atoms with Crippen LogP contribution in [0, 0.1) is 12.8 Å². The molecule has 0 amide bonds. The maximum absolute atomic E-state index is 5.79. The lowest BCUT2D eigenvalue weighted by molar-refractivity contribution is 0.145. The van der Waals surface area contributed by atoms with Crippen LogP contribution in [0.25, 0.3) is 16.9 Å². The van der Waals surface area contributed by atoms with E-state index in [4.69, 9.17) is 19.7 Å². The van der Waals surface area contributed by atoms with Crippen molar-refractivity contribution >= 4 is 0 Å². The van der Waals surface area contributed by atoms with Gasteiger partial charge in [-0.25, -0.2) is 9.67 Å². The zero-order chi connectivity index (χ0) is 22.1. The Balaban J connectivity index is 1.47. The average molecular weight is 437 g/mol. The van der Waals surface area contributed by atoms with Gasteiger partial charge in [0, 0.05) is 35.9 Å². The summed E-state index contributed by atoms with van der Waals surface area (Å²) in [6.45, 7) is 6.75. The zero-order valence-corrected chi connectivity index (χ0v) is 19.3. The quantitative estimate of drug-likeness (QED) is 0.613. The Morgan fingerprint density at radius 1 is 1.16 bits per heavy atom.